The topological polar surface area (TPSA) is 105 Å². The van der Waals surface area contributed by atoms with Crippen LogP contribution in [0.2, 0.25) is 10.0 Å². The van der Waals surface area contributed by atoms with E-state index >= 15 is 0 Å². The zero-order valence-corrected chi connectivity index (χ0v) is 18.4. The molecule has 0 fully saturated rings. The molecule has 4 aromatic rings. The maximum atomic E-state index is 13.2. The van der Waals surface area contributed by atoms with Crippen LogP contribution in [0.5, 0.6) is 0 Å². The Morgan fingerprint density at radius 1 is 1.00 bits per heavy atom. The van der Waals surface area contributed by atoms with Crippen LogP contribution in [0.1, 0.15) is 5.56 Å². The van der Waals surface area contributed by atoms with E-state index in [2.05, 4.69) is 19.7 Å². The number of nitrogens with one attached hydrogen (secondary N) is 2. The van der Waals surface area contributed by atoms with Gasteiger partial charge in [-0.05, 0) is 30.3 Å². The molecule has 0 spiro atoms. The van der Waals surface area contributed by atoms with Gasteiger partial charge in [-0.15, -0.1) is 0 Å². The second-order valence-corrected chi connectivity index (χ2v) is 9.26. The lowest BCUT2D eigenvalue weighted by Gasteiger charge is -2.15. The van der Waals surface area contributed by atoms with E-state index in [0.29, 0.717) is 17.0 Å². The Hall–Kier alpha value is -3.15. The van der Waals surface area contributed by atoms with E-state index in [1.54, 1.807) is 24.3 Å². The van der Waals surface area contributed by atoms with Crippen molar-refractivity contribution >= 4 is 49.8 Å². The normalized spacial score (nSPS) is 12.2. The highest BCUT2D eigenvalue weighted by molar-refractivity contribution is 7.92. The highest BCUT2D eigenvalue weighted by Gasteiger charge is 2.34. The minimum absolute atomic E-state index is 0.0395. The number of anilines is 1. The molecule has 0 aliphatic rings. The van der Waals surface area contributed by atoms with Crippen LogP contribution in [0.15, 0.2) is 64.4 Å². The summed E-state index contributed by atoms with van der Waals surface area (Å²) in [7, 11) is -4.54. The van der Waals surface area contributed by atoms with Gasteiger partial charge in [0.1, 0.15) is 11.4 Å². The van der Waals surface area contributed by atoms with Crippen molar-refractivity contribution in [2.24, 2.45) is 0 Å². The van der Waals surface area contributed by atoms with Gasteiger partial charge in [0.05, 0.1) is 31.7 Å². The molecule has 0 radical (unpaired) electrons. The van der Waals surface area contributed by atoms with Crippen molar-refractivity contribution in [3.8, 4) is 11.4 Å². The summed E-state index contributed by atoms with van der Waals surface area (Å²) >= 11 is 11.6. The van der Waals surface area contributed by atoms with Crippen LogP contribution in [-0.2, 0) is 16.2 Å². The molecule has 0 atom stereocenters. The predicted octanol–water partition coefficient (Wildman–Crippen LogP) is 5.11. The van der Waals surface area contributed by atoms with Crippen LogP contribution in [0.3, 0.4) is 0 Å². The number of pyridine rings is 1. The molecular formula is C20H11Cl2F3N4O3S. The number of para-hydroxylation sites is 1. The maximum Gasteiger partial charge on any atom is 0.417 e. The first-order valence-corrected chi connectivity index (χ1v) is 11.2. The third kappa shape index (κ3) is 4.65. The number of H-pyrrole nitrogens is 1. The van der Waals surface area contributed by atoms with Gasteiger partial charge in [0.15, 0.2) is 0 Å². The number of halogens is 5. The second-order valence-electron chi connectivity index (χ2n) is 6.73. The summed E-state index contributed by atoms with van der Waals surface area (Å²) in [5, 5.41) is -0.151. The lowest BCUT2D eigenvalue weighted by molar-refractivity contribution is -0.137. The van der Waals surface area contributed by atoms with Gasteiger partial charge in [0.2, 0.25) is 0 Å². The summed E-state index contributed by atoms with van der Waals surface area (Å²) in [5.41, 5.74) is -1.77. The van der Waals surface area contributed by atoms with Crippen LogP contribution < -0.4 is 10.4 Å². The summed E-state index contributed by atoms with van der Waals surface area (Å²) in [4.78, 5) is 21.9. The number of aromatic nitrogens is 3. The van der Waals surface area contributed by atoms with Gasteiger partial charge in [-0.2, -0.15) is 18.2 Å². The molecular weight excluding hydrogens is 504 g/mol. The van der Waals surface area contributed by atoms with Crippen molar-refractivity contribution in [2.75, 3.05) is 4.72 Å². The van der Waals surface area contributed by atoms with Gasteiger partial charge in [-0.3, -0.25) is 9.71 Å². The zero-order valence-electron chi connectivity index (χ0n) is 16.1. The van der Waals surface area contributed by atoms with Crippen LogP contribution >= 0.6 is 23.2 Å². The van der Waals surface area contributed by atoms with Crippen molar-refractivity contribution in [1.29, 1.82) is 0 Å². The van der Waals surface area contributed by atoms with Gasteiger partial charge >= 0.3 is 11.9 Å². The van der Waals surface area contributed by atoms with Crippen LogP contribution in [-0.4, -0.2) is 23.4 Å². The Morgan fingerprint density at radius 2 is 1.73 bits per heavy atom. The van der Waals surface area contributed by atoms with Crippen LogP contribution in [0.25, 0.3) is 22.3 Å². The molecule has 2 heterocycles. The number of benzene rings is 2. The Labute approximate surface area is 194 Å². The number of nitrogens with zero attached hydrogens (tertiary/aromatic N) is 2. The first-order chi connectivity index (χ1) is 15.5. The lowest BCUT2D eigenvalue weighted by atomic mass is 10.1. The number of aromatic amines is 1. The van der Waals surface area contributed by atoms with Crippen molar-refractivity contribution in [1.82, 2.24) is 15.0 Å². The fourth-order valence-corrected chi connectivity index (χ4v) is 4.55. The first-order valence-electron chi connectivity index (χ1n) is 9.00. The first kappa shape index (κ1) is 23.0. The standard InChI is InChI=1S/C20H11Cl2F3N4O3S/c21-10-7-16(29-33(31,32)11-5-6-14(22)13(8-11)20(23,24)25)18(26-9-10)17-12-3-1-2-4-15(12)27-19(30)28-17/h1-9,29H,(H,27,28,30). The Bertz CT molecular complexity index is 1560. The molecule has 0 saturated heterocycles. The average Bonchev–Trinajstić information content (AvgIpc) is 2.72. The molecule has 33 heavy (non-hydrogen) atoms. The van der Waals surface area contributed by atoms with E-state index in [4.69, 9.17) is 23.2 Å². The predicted molar refractivity (Wildman–Crippen MR) is 118 cm³/mol. The fraction of sp³-hybridized carbons (Fsp3) is 0.0500. The van der Waals surface area contributed by atoms with E-state index in [9.17, 15) is 26.4 Å². The van der Waals surface area contributed by atoms with Crippen molar-refractivity contribution in [3.63, 3.8) is 0 Å². The van der Waals surface area contributed by atoms with Gasteiger partial charge in [-0.25, -0.2) is 13.2 Å². The van der Waals surface area contributed by atoms with Gasteiger partial charge in [-0.1, -0.05) is 41.4 Å². The molecule has 4 rings (SSSR count). The third-order valence-electron chi connectivity index (χ3n) is 4.51. The summed E-state index contributed by atoms with van der Waals surface area (Å²) in [6, 6.07) is 10.0. The molecule has 0 aliphatic heterocycles. The third-order valence-corrected chi connectivity index (χ3v) is 6.41. The largest absolute Gasteiger partial charge is 0.417 e. The molecule has 170 valence electrons. The van der Waals surface area contributed by atoms with E-state index in [0.717, 1.165) is 12.1 Å². The molecule has 13 heteroatoms. The highest BCUT2D eigenvalue weighted by atomic mass is 35.5. The van der Waals surface area contributed by atoms with Gasteiger partial charge < -0.3 is 4.98 Å². The van der Waals surface area contributed by atoms with E-state index in [-0.39, 0.29) is 22.1 Å². The summed E-state index contributed by atoms with van der Waals surface area (Å²) in [6.07, 6.45) is -3.64. The minimum Gasteiger partial charge on any atom is -0.305 e. The number of sulfonamides is 1. The van der Waals surface area contributed by atoms with Crippen LogP contribution in [0.4, 0.5) is 18.9 Å². The number of hydrogen-bond donors (Lipinski definition) is 2. The number of fused-ring (bicyclic) bond motifs is 1. The average molecular weight is 515 g/mol. The summed E-state index contributed by atoms with van der Waals surface area (Å²) < 4.78 is 67.7. The zero-order chi connectivity index (χ0) is 24.0. The Balaban J connectivity index is 1.86. The molecule has 7 nitrogen and oxygen atoms in total. The number of alkyl halides is 3. The molecule has 0 amide bonds. The highest BCUT2D eigenvalue weighted by Crippen LogP contribution is 2.37. The minimum atomic E-state index is -4.86. The van der Waals surface area contributed by atoms with Crippen molar-refractivity contribution in [3.05, 3.63) is 80.8 Å². The molecule has 2 aromatic heterocycles. The molecule has 0 bridgehead atoms. The van der Waals surface area contributed by atoms with Crippen molar-refractivity contribution in [2.45, 2.75) is 11.1 Å². The van der Waals surface area contributed by atoms with Gasteiger partial charge in [0.25, 0.3) is 10.0 Å². The SMILES string of the molecule is O=c1nc(-c2ncc(Cl)cc2NS(=O)(=O)c2ccc(Cl)c(C(F)(F)F)c2)c2ccccc2[nH]1. The molecule has 0 unspecified atom stereocenters. The van der Waals surface area contributed by atoms with Crippen molar-refractivity contribution < 1.29 is 21.6 Å². The number of rotatable bonds is 4. The maximum absolute atomic E-state index is 13.2. The smallest absolute Gasteiger partial charge is 0.305 e. The van der Waals surface area contributed by atoms with E-state index in [1.807, 2.05) is 0 Å². The molecule has 0 saturated carbocycles. The monoisotopic (exact) mass is 514 g/mol. The Morgan fingerprint density at radius 3 is 2.45 bits per heavy atom. The molecule has 2 aromatic carbocycles. The fourth-order valence-electron chi connectivity index (χ4n) is 3.08. The quantitative estimate of drug-likeness (QED) is 0.393. The summed E-state index contributed by atoms with van der Waals surface area (Å²) in [6.45, 7) is 0. The summed E-state index contributed by atoms with van der Waals surface area (Å²) in [5.74, 6) is 0. The lowest BCUT2D eigenvalue weighted by Crippen LogP contribution is -2.17. The van der Waals surface area contributed by atoms with E-state index in [1.165, 1.54) is 12.3 Å². The number of hydrogen-bond acceptors (Lipinski definition) is 5. The second kappa shape index (κ2) is 8.32. The Kier molecular flexibility index (Phi) is 5.81. The van der Waals surface area contributed by atoms with Gasteiger partial charge in [0, 0.05) is 11.6 Å². The molecule has 2 N–H and O–H groups in total. The molecule has 0 aliphatic carbocycles. The van der Waals surface area contributed by atoms with Crippen LogP contribution in [0, 0.1) is 0 Å². The van der Waals surface area contributed by atoms with E-state index < -0.39 is 37.4 Å².